The van der Waals surface area contributed by atoms with Crippen LogP contribution < -0.4 is 10.6 Å². The summed E-state index contributed by atoms with van der Waals surface area (Å²) in [6, 6.07) is 12.7. The van der Waals surface area contributed by atoms with Gasteiger partial charge < -0.3 is 10.1 Å². The molecule has 1 heterocycles. The number of carbonyl (C=O) groups excluding carboxylic acids is 2. The van der Waals surface area contributed by atoms with Gasteiger partial charge in [0.05, 0.1) is 12.0 Å². The number of methoxy groups -OCH3 is 1. The van der Waals surface area contributed by atoms with Crippen molar-refractivity contribution in [2.24, 2.45) is 0 Å². The Bertz CT molecular complexity index is 683. The zero-order chi connectivity index (χ0) is 18.2. The molecule has 0 saturated carbocycles. The first kappa shape index (κ1) is 19.1. The third kappa shape index (κ3) is 5.41. The van der Waals surface area contributed by atoms with Crippen LogP contribution in [0, 0.1) is 0 Å². The van der Waals surface area contributed by atoms with Crippen molar-refractivity contribution in [2.45, 2.75) is 32.2 Å². The van der Waals surface area contributed by atoms with Crippen LogP contribution in [0.1, 0.15) is 48.2 Å². The summed E-state index contributed by atoms with van der Waals surface area (Å²) in [4.78, 5) is 24.2. The van der Waals surface area contributed by atoms with E-state index in [0.717, 1.165) is 12.0 Å². The summed E-state index contributed by atoms with van der Waals surface area (Å²) in [6.45, 7) is 4.54. The lowest BCUT2D eigenvalue weighted by Gasteiger charge is -2.16. The number of ether oxygens (including phenoxy) is 1. The average Bonchev–Trinajstić information content (AvgIpc) is 3.16. The van der Waals surface area contributed by atoms with Crippen molar-refractivity contribution in [1.82, 2.24) is 5.32 Å². The van der Waals surface area contributed by atoms with E-state index in [1.807, 2.05) is 16.8 Å². The third-order valence-corrected chi connectivity index (χ3v) is 5.25. The van der Waals surface area contributed by atoms with Gasteiger partial charge in [0.25, 0.3) is 5.91 Å². The molecule has 0 saturated heterocycles. The van der Waals surface area contributed by atoms with Gasteiger partial charge in [-0.1, -0.05) is 44.2 Å². The highest BCUT2D eigenvalue weighted by molar-refractivity contribution is 7.10. The molecule has 3 N–H and O–H groups in total. The Morgan fingerprint density at radius 2 is 1.88 bits per heavy atom. The number of alkyl carbamates (subject to hydrolysis) is 1. The molecule has 134 valence electrons. The maximum atomic E-state index is 11.9. The third-order valence-electron chi connectivity index (χ3n) is 4.29. The van der Waals surface area contributed by atoms with Gasteiger partial charge in [-0.15, -0.1) is 11.3 Å². The highest BCUT2D eigenvalue weighted by atomic mass is 32.1. The molecule has 6 heteroatoms. The number of nitrogens with one attached hydrogen (secondary N) is 1. The lowest BCUT2D eigenvalue weighted by atomic mass is 9.95. The first-order valence-corrected chi connectivity index (χ1v) is 9.27. The summed E-state index contributed by atoms with van der Waals surface area (Å²) < 4.78 is 4.45. The normalized spacial score (nSPS) is 13.1. The van der Waals surface area contributed by atoms with Crippen LogP contribution in [-0.4, -0.2) is 25.7 Å². The Labute approximate surface area is 152 Å². The fraction of sp³-hybridized carbons (Fsp3) is 0.368. The van der Waals surface area contributed by atoms with E-state index in [9.17, 15) is 9.59 Å². The zero-order valence-electron chi connectivity index (χ0n) is 14.8. The maximum Gasteiger partial charge on any atom is 0.413 e. The molecule has 1 aromatic heterocycles. The molecule has 0 aliphatic heterocycles. The summed E-state index contributed by atoms with van der Waals surface area (Å²) in [5.41, 5.74) is 2.46. The van der Waals surface area contributed by atoms with E-state index in [1.54, 1.807) is 11.3 Å². The molecule has 0 bridgehead atoms. The number of imide groups is 1. The fourth-order valence-corrected chi connectivity index (χ4v) is 3.44. The monoisotopic (exact) mass is 361 g/mol. The smallest absolute Gasteiger partial charge is 0.413 e. The molecule has 2 atom stereocenters. The molecule has 25 heavy (non-hydrogen) atoms. The number of thiophene rings is 1. The number of carbonyl (C=O) groups is 2. The van der Waals surface area contributed by atoms with Gasteiger partial charge in [-0.25, -0.2) is 4.79 Å². The van der Waals surface area contributed by atoms with Gasteiger partial charge in [-0.2, -0.15) is 0 Å². The molecular formula is C19H25N2O3S+. The number of hydrogen-bond donors (Lipinski definition) is 2. The van der Waals surface area contributed by atoms with Gasteiger partial charge in [0, 0.05) is 5.56 Å². The van der Waals surface area contributed by atoms with Crippen LogP contribution in [0.3, 0.4) is 0 Å². The van der Waals surface area contributed by atoms with Gasteiger partial charge >= 0.3 is 6.09 Å². The van der Waals surface area contributed by atoms with Crippen LogP contribution in [0.25, 0.3) is 0 Å². The lowest BCUT2D eigenvalue weighted by Crippen LogP contribution is -2.87. The predicted molar refractivity (Wildman–Crippen MR) is 98.7 cm³/mol. The second-order valence-electron chi connectivity index (χ2n) is 5.95. The van der Waals surface area contributed by atoms with Crippen molar-refractivity contribution in [3.8, 4) is 0 Å². The summed E-state index contributed by atoms with van der Waals surface area (Å²) in [5, 5.41) is 6.14. The number of amides is 2. The molecule has 0 unspecified atom stereocenters. The van der Waals surface area contributed by atoms with Crippen molar-refractivity contribution < 1.29 is 19.6 Å². The molecule has 5 nitrogen and oxygen atoms in total. The minimum Gasteiger partial charge on any atom is -0.453 e. The van der Waals surface area contributed by atoms with Crippen LogP contribution in [0.15, 0.2) is 41.8 Å². The Balaban J connectivity index is 2.11. The number of benzene rings is 1. The first-order chi connectivity index (χ1) is 12.0. The quantitative estimate of drug-likeness (QED) is 0.796. The molecule has 0 radical (unpaired) electrons. The predicted octanol–water partition coefficient (Wildman–Crippen LogP) is 2.80. The topological polar surface area (TPSA) is 72.0 Å². The molecule has 0 aliphatic carbocycles. The van der Waals surface area contributed by atoms with E-state index >= 15 is 0 Å². The van der Waals surface area contributed by atoms with Crippen molar-refractivity contribution in [1.29, 1.82) is 0 Å². The molecule has 2 rings (SSSR count). The second kappa shape index (κ2) is 9.34. The van der Waals surface area contributed by atoms with Crippen molar-refractivity contribution >= 4 is 23.3 Å². The van der Waals surface area contributed by atoms with Crippen molar-refractivity contribution in [2.75, 3.05) is 13.7 Å². The number of quaternary nitrogens is 1. The molecule has 0 spiro atoms. The van der Waals surface area contributed by atoms with Crippen LogP contribution >= 0.6 is 11.3 Å². The van der Waals surface area contributed by atoms with E-state index in [-0.39, 0.29) is 18.5 Å². The molecular weight excluding hydrogens is 336 g/mol. The van der Waals surface area contributed by atoms with Crippen LogP contribution in [0.2, 0.25) is 0 Å². The standard InChI is InChI=1S/C19H24N2O3S/c1-4-13(2)14-7-9-15(10-8-14)18(16-6-5-11-25-16)20-12-17(22)21-19(23)24-3/h5-11,13,18,20H,4,12H2,1-3H3,(H,21,22,23)/p+1/t13-,18+/m0/s1. The van der Waals surface area contributed by atoms with Gasteiger partial charge in [-0.05, 0) is 29.3 Å². The molecule has 2 aromatic rings. The summed E-state index contributed by atoms with van der Waals surface area (Å²) >= 11 is 1.66. The van der Waals surface area contributed by atoms with E-state index in [4.69, 9.17) is 0 Å². The highest BCUT2D eigenvalue weighted by Crippen LogP contribution is 2.25. The van der Waals surface area contributed by atoms with E-state index in [2.05, 4.69) is 54.2 Å². The zero-order valence-corrected chi connectivity index (χ0v) is 15.6. The Hall–Kier alpha value is -2.18. The summed E-state index contributed by atoms with van der Waals surface area (Å²) in [5.74, 6) is 0.161. The van der Waals surface area contributed by atoms with Gasteiger partial charge in [0.1, 0.15) is 6.04 Å². The van der Waals surface area contributed by atoms with Crippen LogP contribution in [0.4, 0.5) is 4.79 Å². The van der Waals surface area contributed by atoms with Gasteiger partial charge in [-0.3, -0.25) is 10.1 Å². The highest BCUT2D eigenvalue weighted by Gasteiger charge is 2.21. The molecule has 0 fully saturated rings. The number of hydrogen-bond acceptors (Lipinski definition) is 4. The Morgan fingerprint density at radius 1 is 1.20 bits per heavy atom. The number of rotatable bonds is 7. The first-order valence-electron chi connectivity index (χ1n) is 8.39. The SMILES string of the molecule is CC[C@H](C)c1ccc([C@@H]([NH2+]CC(=O)NC(=O)OC)c2cccs2)cc1. The maximum absolute atomic E-state index is 11.9. The molecule has 0 aliphatic rings. The van der Waals surface area contributed by atoms with E-state index in [0.29, 0.717) is 5.92 Å². The van der Waals surface area contributed by atoms with Crippen molar-refractivity contribution in [3.05, 3.63) is 57.8 Å². The Kier molecular flexibility index (Phi) is 7.16. The summed E-state index contributed by atoms with van der Waals surface area (Å²) in [7, 11) is 1.24. The van der Waals surface area contributed by atoms with E-state index < -0.39 is 6.09 Å². The van der Waals surface area contributed by atoms with Gasteiger partial charge in [0.15, 0.2) is 6.54 Å². The van der Waals surface area contributed by atoms with E-state index in [1.165, 1.54) is 17.6 Å². The molecule has 2 amide bonds. The fourth-order valence-electron chi connectivity index (χ4n) is 2.59. The minimum absolute atomic E-state index is 0.0226. The average molecular weight is 361 g/mol. The summed E-state index contributed by atoms with van der Waals surface area (Å²) in [6.07, 6.45) is 0.372. The van der Waals surface area contributed by atoms with Crippen LogP contribution in [0.5, 0.6) is 0 Å². The largest absolute Gasteiger partial charge is 0.453 e. The molecule has 1 aromatic carbocycles. The minimum atomic E-state index is -0.732. The van der Waals surface area contributed by atoms with Gasteiger partial charge in [0.2, 0.25) is 0 Å². The second-order valence-corrected chi connectivity index (χ2v) is 6.93. The Morgan fingerprint density at radius 3 is 2.44 bits per heavy atom. The number of nitrogens with two attached hydrogens (primary N) is 1. The van der Waals surface area contributed by atoms with Crippen LogP contribution in [-0.2, 0) is 9.53 Å². The lowest BCUT2D eigenvalue weighted by molar-refractivity contribution is -0.676. The van der Waals surface area contributed by atoms with Crippen molar-refractivity contribution in [3.63, 3.8) is 0 Å².